The molecule has 1 N–H and O–H groups in total. The Labute approximate surface area is 174 Å². The van der Waals surface area contributed by atoms with Gasteiger partial charge >= 0.3 is 0 Å². The lowest BCUT2D eigenvalue weighted by Crippen LogP contribution is -2.13. The molecule has 0 fully saturated rings. The molecule has 8 heteroatoms. The molecule has 0 spiro atoms. The van der Waals surface area contributed by atoms with E-state index in [1.807, 2.05) is 37.6 Å². The summed E-state index contributed by atoms with van der Waals surface area (Å²) in [5, 5.41) is 3.16. The number of anilines is 1. The lowest BCUT2D eigenvalue weighted by molar-refractivity contribution is 0.102. The molecule has 0 bridgehead atoms. The summed E-state index contributed by atoms with van der Waals surface area (Å²) in [6.45, 7) is 6.70. The van der Waals surface area contributed by atoms with Gasteiger partial charge in [-0.2, -0.15) is 0 Å². The van der Waals surface area contributed by atoms with Crippen molar-refractivity contribution in [2.75, 3.05) is 18.5 Å². The summed E-state index contributed by atoms with van der Waals surface area (Å²) in [6.07, 6.45) is 5.97. The number of nitrogens with one attached hydrogen (secondary N) is 1. The molecule has 1 aromatic carbocycles. The molecule has 0 aliphatic rings. The molecule has 2 heterocycles. The number of pyridine rings is 1. The topological polar surface area (TPSA) is 78.3 Å². The van der Waals surface area contributed by atoms with E-state index in [0.29, 0.717) is 41.0 Å². The predicted molar refractivity (Wildman–Crippen MR) is 112 cm³/mol. The van der Waals surface area contributed by atoms with Crippen molar-refractivity contribution in [2.45, 2.75) is 27.2 Å². The van der Waals surface area contributed by atoms with Crippen molar-refractivity contribution >= 4 is 23.2 Å². The number of aryl methyl sites for hydroxylation is 1. The van der Waals surface area contributed by atoms with Crippen molar-refractivity contribution in [1.82, 2.24) is 14.5 Å². The number of aromatic nitrogens is 3. The predicted octanol–water partition coefficient (Wildman–Crippen LogP) is 4.67. The van der Waals surface area contributed by atoms with E-state index in [0.717, 1.165) is 18.1 Å². The number of benzene rings is 1. The maximum Gasteiger partial charge on any atom is 0.255 e. The van der Waals surface area contributed by atoms with Gasteiger partial charge in [-0.1, -0.05) is 18.5 Å². The number of halogens is 1. The van der Waals surface area contributed by atoms with Crippen LogP contribution in [-0.2, 0) is 0 Å². The Morgan fingerprint density at radius 3 is 2.66 bits per heavy atom. The van der Waals surface area contributed by atoms with E-state index in [9.17, 15) is 4.79 Å². The molecule has 3 rings (SSSR count). The molecular formula is C21H23ClN4O3. The van der Waals surface area contributed by atoms with Crippen LogP contribution in [0, 0.1) is 6.92 Å². The smallest absolute Gasteiger partial charge is 0.255 e. The second kappa shape index (κ2) is 9.43. The zero-order valence-electron chi connectivity index (χ0n) is 16.6. The maximum absolute atomic E-state index is 12.7. The molecule has 29 heavy (non-hydrogen) atoms. The maximum atomic E-state index is 12.7. The van der Waals surface area contributed by atoms with E-state index in [4.69, 9.17) is 21.1 Å². The Hall–Kier alpha value is -3.06. The van der Waals surface area contributed by atoms with Crippen molar-refractivity contribution in [3.63, 3.8) is 0 Å². The summed E-state index contributed by atoms with van der Waals surface area (Å²) in [4.78, 5) is 21.3. The van der Waals surface area contributed by atoms with Crippen molar-refractivity contribution < 1.29 is 14.3 Å². The molecule has 3 aromatic rings. The molecule has 152 valence electrons. The first-order chi connectivity index (χ1) is 14.0. The van der Waals surface area contributed by atoms with E-state index in [1.54, 1.807) is 30.6 Å². The fourth-order valence-electron chi connectivity index (χ4n) is 2.73. The van der Waals surface area contributed by atoms with Crippen LogP contribution >= 0.6 is 11.6 Å². The highest BCUT2D eigenvalue weighted by Gasteiger charge is 2.17. The van der Waals surface area contributed by atoms with Gasteiger partial charge in [0, 0.05) is 18.0 Å². The first-order valence-corrected chi connectivity index (χ1v) is 9.78. The Bertz CT molecular complexity index is 986. The molecular weight excluding hydrogens is 392 g/mol. The fraction of sp³-hybridized carbons (Fsp3) is 0.286. The van der Waals surface area contributed by atoms with Gasteiger partial charge in [-0.25, -0.2) is 9.97 Å². The van der Waals surface area contributed by atoms with Gasteiger partial charge in [-0.15, -0.1) is 0 Å². The Morgan fingerprint density at radius 2 is 2.03 bits per heavy atom. The molecule has 0 saturated carbocycles. The Morgan fingerprint density at radius 1 is 1.21 bits per heavy atom. The van der Waals surface area contributed by atoms with Crippen LogP contribution in [0.15, 0.2) is 42.9 Å². The second-order valence-corrected chi connectivity index (χ2v) is 6.68. The van der Waals surface area contributed by atoms with Crippen LogP contribution in [0.4, 0.5) is 5.69 Å². The highest BCUT2D eigenvalue weighted by Crippen LogP contribution is 2.37. The summed E-state index contributed by atoms with van der Waals surface area (Å²) in [5.74, 6) is 2.13. The van der Waals surface area contributed by atoms with Crippen LogP contribution in [0.2, 0.25) is 5.02 Å². The van der Waals surface area contributed by atoms with Crippen molar-refractivity contribution in [3.8, 4) is 17.3 Å². The number of amides is 1. The van der Waals surface area contributed by atoms with Crippen LogP contribution < -0.4 is 14.8 Å². The number of nitrogens with zero attached hydrogens (tertiary/aromatic N) is 3. The second-order valence-electron chi connectivity index (χ2n) is 6.27. The van der Waals surface area contributed by atoms with Crippen LogP contribution in [0.1, 0.15) is 36.5 Å². The zero-order valence-corrected chi connectivity index (χ0v) is 17.4. The summed E-state index contributed by atoms with van der Waals surface area (Å²) in [7, 11) is 0. The van der Waals surface area contributed by atoms with Gasteiger partial charge in [0.15, 0.2) is 11.5 Å². The monoisotopic (exact) mass is 414 g/mol. The van der Waals surface area contributed by atoms with Crippen LogP contribution in [0.5, 0.6) is 11.5 Å². The van der Waals surface area contributed by atoms with Gasteiger partial charge < -0.3 is 14.8 Å². The van der Waals surface area contributed by atoms with Gasteiger partial charge in [-0.05, 0) is 44.5 Å². The first kappa shape index (κ1) is 20.7. The summed E-state index contributed by atoms with van der Waals surface area (Å²) < 4.78 is 13.1. The number of imidazole rings is 1. The Kier molecular flexibility index (Phi) is 6.72. The third kappa shape index (κ3) is 4.86. The molecule has 0 aliphatic carbocycles. The summed E-state index contributed by atoms with van der Waals surface area (Å²) >= 11 is 6.34. The number of rotatable bonds is 8. The van der Waals surface area contributed by atoms with Crippen molar-refractivity contribution in [3.05, 3.63) is 59.3 Å². The summed E-state index contributed by atoms with van der Waals surface area (Å²) in [5.41, 5.74) is 0.939. The minimum Gasteiger partial charge on any atom is -0.490 e. The average molecular weight is 415 g/mol. The molecule has 2 aromatic heterocycles. The van der Waals surface area contributed by atoms with Gasteiger partial charge in [0.2, 0.25) is 0 Å². The molecule has 0 saturated heterocycles. The molecule has 0 atom stereocenters. The quantitative estimate of drug-likeness (QED) is 0.579. The number of hydrogen-bond donors (Lipinski definition) is 1. The molecule has 0 unspecified atom stereocenters. The van der Waals surface area contributed by atoms with E-state index in [1.165, 1.54) is 0 Å². The Balaban J connectivity index is 1.78. The lowest BCUT2D eigenvalue weighted by Gasteiger charge is -2.15. The van der Waals surface area contributed by atoms with Crippen LogP contribution in [0.25, 0.3) is 5.82 Å². The molecule has 0 aliphatic heterocycles. The van der Waals surface area contributed by atoms with E-state index < -0.39 is 0 Å². The van der Waals surface area contributed by atoms with Gasteiger partial charge in [0.05, 0.1) is 30.1 Å². The highest BCUT2D eigenvalue weighted by molar-refractivity contribution is 6.32. The largest absolute Gasteiger partial charge is 0.490 e. The van der Waals surface area contributed by atoms with E-state index >= 15 is 0 Å². The minimum absolute atomic E-state index is 0.316. The molecule has 0 radical (unpaired) electrons. The van der Waals surface area contributed by atoms with Gasteiger partial charge in [0.25, 0.3) is 5.91 Å². The average Bonchev–Trinajstić information content (AvgIpc) is 3.14. The first-order valence-electron chi connectivity index (χ1n) is 9.40. The lowest BCUT2D eigenvalue weighted by atomic mass is 10.1. The third-order valence-corrected chi connectivity index (χ3v) is 4.38. The molecule has 7 nitrogen and oxygen atoms in total. The zero-order chi connectivity index (χ0) is 20.8. The number of carbonyl (C=O) groups excluding carboxylic acids is 1. The van der Waals surface area contributed by atoms with Gasteiger partial charge in [0.1, 0.15) is 11.6 Å². The van der Waals surface area contributed by atoms with Gasteiger partial charge in [-0.3, -0.25) is 9.36 Å². The highest BCUT2D eigenvalue weighted by atomic mass is 35.5. The number of carbonyl (C=O) groups is 1. The molecule has 1 amide bonds. The standard InChI is InChI=1S/C21H23ClN4O3/c1-4-10-29-20-17(22)11-15(12-18(20)28-5-2)21(27)25-16-6-7-19(24-13-16)26-9-8-23-14(26)3/h6-9,11-13H,4-5,10H2,1-3H3,(H,25,27). The fourth-order valence-corrected chi connectivity index (χ4v) is 3.00. The third-order valence-electron chi connectivity index (χ3n) is 4.10. The summed E-state index contributed by atoms with van der Waals surface area (Å²) in [6, 6.07) is 6.79. The van der Waals surface area contributed by atoms with Crippen molar-refractivity contribution in [1.29, 1.82) is 0 Å². The van der Waals surface area contributed by atoms with Crippen LogP contribution in [0.3, 0.4) is 0 Å². The van der Waals surface area contributed by atoms with Crippen molar-refractivity contribution in [2.24, 2.45) is 0 Å². The van der Waals surface area contributed by atoms with E-state index in [-0.39, 0.29) is 5.91 Å². The number of ether oxygens (including phenoxy) is 2. The van der Waals surface area contributed by atoms with Crippen LogP contribution in [-0.4, -0.2) is 33.7 Å². The van der Waals surface area contributed by atoms with E-state index in [2.05, 4.69) is 15.3 Å². The minimum atomic E-state index is -0.316. The SMILES string of the molecule is CCCOc1c(Cl)cc(C(=O)Nc2ccc(-n3ccnc3C)nc2)cc1OCC. The number of hydrogen-bond acceptors (Lipinski definition) is 5. The normalized spacial score (nSPS) is 10.6.